The van der Waals surface area contributed by atoms with Gasteiger partial charge < -0.3 is 10.0 Å². The highest BCUT2D eigenvalue weighted by Crippen LogP contribution is 2.26. The number of likely N-dealkylation sites (tertiary alicyclic amines) is 1. The van der Waals surface area contributed by atoms with E-state index in [0.717, 1.165) is 30.2 Å². The molecular formula is C15H17NO3. The lowest BCUT2D eigenvalue weighted by Gasteiger charge is -2.24. The van der Waals surface area contributed by atoms with Crippen LogP contribution in [0.1, 0.15) is 36.9 Å². The number of aliphatic carboxylic acids is 1. The van der Waals surface area contributed by atoms with Crippen LogP contribution in [0.4, 0.5) is 0 Å². The maximum atomic E-state index is 11.7. The van der Waals surface area contributed by atoms with E-state index >= 15 is 0 Å². The van der Waals surface area contributed by atoms with Crippen LogP contribution in [0.15, 0.2) is 30.3 Å². The lowest BCUT2D eigenvalue weighted by atomic mass is 10.0. The van der Waals surface area contributed by atoms with E-state index in [9.17, 15) is 9.59 Å². The highest BCUT2D eigenvalue weighted by molar-refractivity contribution is 5.85. The van der Waals surface area contributed by atoms with Gasteiger partial charge in [0.2, 0.25) is 5.91 Å². The monoisotopic (exact) mass is 259 g/mol. The molecule has 0 radical (unpaired) electrons. The zero-order chi connectivity index (χ0) is 13.8. The molecule has 0 bridgehead atoms. The fourth-order valence-electron chi connectivity index (χ4n) is 2.35. The Bertz CT molecular complexity index is 522. The Morgan fingerprint density at radius 3 is 2.89 bits per heavy atom. The van der Waals surface area contributed by atoms with Gasteiger partial charge in [-0.05, 0) is 36.6 Å². The average Bonchev–Trinajstić information content (AvgIpc) is 2.82. The Balaban J connectivity index is 2.18. The van der Waals surface area contributed by atoms with Gasteiger partial charge in [0.25, 0.3) is 0 Å². The van der Waals surface area contributed by atoms with Crippen LogP contribution in [0, 0.1) is 0 Å². The summed E-state index contributed by atoms with van der Waals surface area (Å²) in [6.45, 7) is 2.80. The number of hydrogen-bond donors (Lipinski definition) is 1. The number of carboxylic acid groups (broad SMARTS) is 1. The van der Waals surface area contributed by atoms with Crippen LogP contribution in [0.25, 0.3) is 6.08 Å². The molecule has 0 saturated carbocycles. The van der Waals surface area contributed by atoms with Crippen molar-refractivity contribution >= 4 is 18.0 Å². The van der Waals surface area contributed by atoms with Crippen molar-refractivity contribution in [2.24, 2.45) is 0 Å². The molecule has 1 aliphatic rings. The number of carbonyl (C=O) groups is 2. The van der Waals surface area contributed by atoms with E-state index < -0.39 is 5.97 Å². The largest absolute Gasteiger partial charge is 0.478 e. The maximum Gasteiger partial charge on any atom is 0.328 e. The second-order valence-corrected chi connectivity index (χ2v) is 4.71. The van der Waals surface area contributed by atoms with E-state index in [2.05, 4.69) is 0 Å². The van der Waals surface area contributed by atoms with Gasteiger partial charge >= 0.3 is 5.97 Å². The fraction of sp³-hybridized carbons (Fsp3) is 0.333. The molecular weight excluding hydrogens is 242 g/mol. The minimum absolute atomic E-state index is 0.0354. The second-order valence-electron chi connectivity index (χ2n) is 4.71. The minimum atomic E-state index is -0.965. The first-order valence-electron chi connectivity index (χ1n) is 6.38. The van der Waals surface area contributed by atoms with Crippen LogP contribution in [-0.2, 0) is 9.59 Å². The standard InChI is InChI=1S/C15H17NO3/c1-11(16-9-3-6-14(16)17)13-5-2-4-12(10-13)7-8-15(18)19/h2,4-5,7-8,10-11H,3,6,9H2,1H3,(H,18,19). The molecule has 19 heavy (non-hydrogen) atoms. The predicted octanol–water partition coefficient (Wildman–Crippen LogP) is 2.47. The first-order chi connectivity index (χ1) is 9.08. The topological polar surface area (TPSA) is 57.6 Å². The third kappa shape index (κ3) is 3.22. The highest BCUT2D eigenvalue weighted by atomic mass is 16.4. The highest BCUT2D eigenvalue weighted by Gasteiger charge is 2.25. The van der Waals surface area contributed by atoms with Crippen molar-refractivity contribution in [3.8, 4) is 0 Å². The summed E-state index contributed by atoms with van der Waals surface area (Å²) in [5, 5.41) is 8.62. The second kappa shape index (κ2) is 5.69. The van der Waals surface area contributed by atoms with Crippen LogP contribution in [0.2, 0.25) is 0 Å². The smallest absolute Gasteiger partial charge is 0.328 e. The number of amides is 1. The third-order valence-corrected chi connectivity index (χ3v) is 3.39. The van der Waals surface area contributed by atoms with Gasteiger partial charge in [0.15, 0.2) is 0 Å². The first kappa shape index (κ1) is 13.3. The summed E-state index contributed by atoms with van der Waals surface area (Å²) in [4.78, 5) is 24.1. The molecule has 1 unspecified atom stereocenters. The van der Waals surface area contributed by atoms with Gasteiger partial charge in [0.1, 0.15) is 0 Å². The summed E-state index contributed by atoms with van der Waals surface area (Å²) in [7, 11) is 0. The molecule has 4 nitrogen and oxygen atoms in total. The molecule has 1 aromatic carbocycles. The Labute approximate surface area is 112 Å². The molecule has 1 saturated heterocycles. The summed E-state index contributed by atoms with van der Waals surface area (Å²) < 4.78 is 0. The van der Waals surface area contributed by atoms with E-state index in [4.69, 9.17) is 5.11 Å². The molecule has 1 atom stereocenters. The average molecular weight is 259 g/mol. The number of carbonyl (C=O) groups excluding carboxylic acids is 1. The van der Waals surface area contributed by atoms with Crippen molar-refractivity contribution in [1.82, 2.24) is 4.90 Å². The van der Waals surface area contributed by atoms with Gasteiger partial charge in [0.05, 0.1) is 6.04 Å². The SMILES string of the molecule is CC(c1cccc(C=CC(=O)O)c1)N1CCCC1=O. The minimum Gasteiger partial charge on any atom is -0.478 e. The lowest BCUT2D eigenvalue weighted by Crippen LogP contribution is -2.27. The summed E-state index contributed by atoms with van der Waals surface area (Å²) in [6.07, 6.45) is 4.22. The van der Waals surface area contributed by atoms with E-state index in [-0.39, 0.29) is 11.9 Å². The summed E-state index contributed by atoms with van der Waals surface area (Å²) >= 11 is 0. The number of benzene rings is 1. The molecule has 100 valence electrons. The van der Waals surface area contributed by atoms with Crippen molar-refractivity contribution in [2.75, 3.05) is 6.54 Å². The van der Waals surface area contributed by atoms with Gasteiger partial charge in [-0.1, -0.05) is 18.2 Å². The van der Waals surface area contributed by atoms with E-state index in [1.54, 1.807) is 6.08 Å². The Morgan fingerprint density at radius 2 is 2.26 bits per heavy atom. The predicted molar refractivity (Wildman–Crippen MR) is 72.5 cm³/mol. The summed E-state index contributed by atoms with van der Waals surface area (Å²) in [6, 6.07) is 7.66. The first-order valence-corrected chi connectivity index (χ1v) is 6.38. The van der Waals surface area contributed by atoms with Crippen LogP contribution >= 0.6 is 0 Å². The molecule has 1 aromatic rings. The van der Waals surface area contributed by atoms with Crippen molar-refractivity contribution < 1.29 is 14.7 Å². The van der Waals surface area contributed by atoms with Gasteiger partial charge in [0, 0.05) is 19.0 Å². The van der Waals surface area contributed by atoms with Gasteiger partial charge in [-0.3, -0.25) is 4.79 Å². The molecule has 0 spiro atoms. The van der Waals surface area contributed by atoms with E-state index in [1.165, 1.54) is 0 Å². The van der Waals surface area contributed by atoms with E-state index in [0.29, 0.717) is 6.42 Å². The summed E-state index contributed by atoms with van der Waals surface area (Å²) in [5.74, 6) is -0.771. The zero-order valence-electron chi connectivity index (χ0n) is 10.9. The molecule has 1 aliphatic heterocycles. The summed E-state index contributed by atoms with van der Waals surface area (Å²) in [5.41, 5.74) is 1.86. The van der Waals surface area contributed by atoms with Crippen LogP contribution in [0.5, 0.6) is 0 Å². The van der Waals surface area contributed by atoms with Crippen LogP contribution in [0.3, 0.4) is 0 Å². The number of hydrogen-bond acceptors (Lipinski definition) is 2. The Hall–Kier alpha value is -2.10. The molecule has 2 rings (SSSR count). The van der Waals surface area contributed by atoms with E-state index in [1.807, 2.05) is 36.1 Å². The molecule has 1 fully saturated rings. The quantitative estimate of drug-likeness (QED) is 0.845. The van der Waals surface area contributed by atoms with Crippen LogP contribution < -0.4 is 0 Å². The third-order valence-electron chi connectivity index (χ3n) is 3.39. The fourth-order valence-corrected chi connectivity index (χ4v) is 2.35. The van der Waals surface area contributed by atoms with Gasteiger partial charge in [-0.2, -0.15) is 0 Å². The molecule has 0 aliphatic carbocycles. The zero-order valence-corrected chi connectivity index (χ0v) is 10.9. The molecule has 1 amide bonds. The molecule has 1 heterocycles. The Kier molecular flexibility index (Phi) is 4.00. The van der Waals surface area contributed by atoms with Crippen molar-refractivity contribution in [2.45, 2.75) is 25.8 Å². The molecule has 1 N–H and O–H groups in total. The van der Waals surface area contributed by atoms with Gasteiger partial charge in [-0.25, -0.2) is 4.79 Å². The van der Waals surface area contributed by atoms with Crippen LogP contribution in [-0.4, -0.2) is 28.4 Å². The van der Waals surface area contributed by atoms with Gasteiger partial charge in [-0.15, -0.1) is 0 Å². The van der Waals surface area contributed by atoms with Crippen molar-refractivity contribution in [3.63, 3.8) is 0 Å². The molecule has 4 heteroatoms. The lowest BCUT2D eigenvalue weighted by molar-refractivity contribution is -0.131. The number of rotatable bonds is 4. The van der Waals surface area contributed by atoms with Crippen molar-refractivity contribution in [3.05, 3.63) is 41.5 Å². The maximum absolute atomic E-state index is 11.7. The normalized spacial score (nSPS) is 17.1. The number of carboxylic acids is 1. The Morgan fingerprint density at radius 1 is 1.47 bits per heavy atom. The number of nitrogens with zero attached hydrogens (tertiary/aromatic N) is 1. The van der Waals surface area contributed by atoms with Crippen molar-refractivity contribution in [1.29, 1.82) is 0 Å². The molecule has 0 aromatic heterocycles.